The fourth-order valence-corrected chi connectivity index (χ4v) is 5.27. The molecule has 1 fully saturated rings. The number of piperazine rings is 1. The van der Waals surface area contributed by atoms with Gasteiger partial charge in [0.05, 0.1) is 17.0 Å². The zero-order chi connectivity index (χ0) is 20.8. The highest BCUT2D eigenvalue weighted by atomic mass is 32.1. The normalized spacial score (nSPS) is 14.7. The maximum absolute atomic E-state index is 13.0. The molecule has 1 aliphatic rings. The van der Waals surface area contributed by atoms with Crippen molar-refractivity contribution in [1.29, 1.82) is 0 Å². The van der Waals surface area contributed by atoms with E-state index in [-0.39, 0.29) is 11.8 Å². The number of benzene rings is 1. The Balaban J connectivity index is 1.23. The molecule has 1 aliphatic heterocycles. The van der Waals surface area contributed by atoms with Crippen LogP contribution in [0, 0.1) is 6.92 Å². The summed E-state index contributed by atoms with van der Waals surface area (Å²) in [6.45, 7) is 4.21. The molecule has 1 N–H and O–H groups in total. The van der Waals surface area contributed by atoms with Gasteiger partial charge >= 0.3 is 0 Å². The number of aryl methyl sites for hydroxylation is 2. The number of para-hydroxylation sites is 1. The summed E-state index contributed by atoms with van der Waals surface area (Å²) < 4.78 is 1.83. The maximum atomic E-state index is 13.0. The number of hydrogen-bond donors (Lipinski definition) is 1. The molecule has 0 atom stereocenters. The third-order valence-corrected chi connectivity index (χ3v) is 7.03. The molecular weight excluding hydrogens is 398 g/mol. The summed E-state index contributed by atoms with van der Waals surface area (Å²) in [5.41, 5.74) is 3.00. The lowest BCUT2D eigenvalue weighted by atomic mass is 10.1. The van der Waals surface area contributed by atoms with Crippen molar-refractivity contribution in [3.8, 4) is 0 Å². The molecule has 0 radical (unpaired) electrons. The predicted molar refractivity (Wildman–Crippen MR) is 118 cm³/mol. The number of thiophene rings is 1. The lowest BCUT2D eigenvalue weighted by Gasteiger charge is -2.34. The molecule has 0 unspecified atom stereocenters. The molecule has 0 aliphatic carbocycles. The van der Waals surface area contributed by atoms with Gasteiger partial charge in [-0.15, -0.1) is 11.3 Å². The smallest absolute Gasteiger partial charge is 0.264 e. The number of aromatic nitrogens is 3. The number of carbonyl (C=O) groups excluding carboxylic acids is 2. The van der Waals surface area contributed by atoms with Gasteiger partial charge in [0.1, 0.15) is 4.83 Å². The lowest BCUT2D eigenvalue weighted by Crippen LogP contribution is -2.50. The molecule has 4 aromatic rings. The van der Waals surface area contributed by atoms with Crippen LogP contribution in [0.3, 0.4) is 0 Å². The first-order chi connectivity index (χ1) is 14.5. The Morgan fingerprint density at radius 1 is 1.10 bits per heavy atom. The summed E-state index contributed by atoms with van der Waals surface area (Å²) in [5, 5.41) is 6.53. The molecule has 7 nitrogen and oxygen atoms in total. The fraction of sp³-hybridized carbons (Fsp3) is 0.318. The van der Waals surface area contributed by atoms with Crippen LogP contribution in [0.5, 0.6) is 0 Å². The highest BCUT2D eigenvalue weighted by Gasteiger charge is 2.27. The molecule has 3 aromatic heterocycles. The van der Waals surface area contributed by atoms with Crippen LogP contribution in [0.1, 0.15) is 20.9 Å². The minimum absolute atomic E-state index is 0.0410. The number of nitrogens with zero attached hydrogens (tertiary/aromatic N) is 4. The molecule has 1 saturated heterocycles. The Bertz CT molecular complexity index is 1220. The molecule has 0 bridgehead atoms. The van der Waals surface area contributed by atoms with Crippen LogP contribution in [-0.4, -0.2) is 62.6 Å². The highest BCUT2D eigenvalue weighted by molar-refractivity contribution is 7.20. The van der Waals surface area contributed by atoms with E-state index in [1.54, 1.807) is 0 Å². The highest BCUT2D eigenvalue weighted by Crippen LogP contribution is 2.29. The summed E-state index contributed by atoms with van der Waals surface area (Å²) in [7, 11) is 1.90. The Kier molecular flexibility index (Phi) is 4.58. The number of carbonyl (C=O) groups is 2. The number of rotatable bonds is 3. The first-order valence-electron chi connectivity index (χ1n) is 10.1. The molecule has 2 amide bonds. The average Bonchev–Trinajstić information content (AvgIpc) is 3.44. The summed E-state index contributed by atoms with van der Waals surface area (Å²) >= 11 is 1.48. The number of fused-ring (bicyclic) bond motifs is 2. The van der Waals surface area contributed by atoms with E-state index in [0.29, 0.717) is 32.6 Å². The van der Waals surface area contributed by atoms with Crippen molar-refractivity contribution in [2.24, 2.45) is 7.05 Å². The van der Waals surface area contributed by atoms with Gasteiger partial charge in [0.2, 0.25) is 5.91 Å². The Hall–Kier alpha value is -3.13. The van der Waals surface area contributed by atoms with Gasteiger partial charge < -0.3 is 14.8 Å². The summed E-state index contributed by atoms with van der Waals surface area (Å²) in [6.07, 6.45) is 2.29. The van der Waals surface area contributed by atoms with Crippen LogP contribution in [0.4, 0.5) is 0 Å². The van der Waals surface area contributed by atoms with Gasteiger partial charge in [0, 0.05) is 55.7 Å². The van der Waals surface area contributed by atoms with Crippen molar-refractivity contribution in [1.82, 2.24) is 24.6 Å². The Morgan fingerprint density at radius 2 is 1.83 bits per heavy atom. The molecule has 0 saturated carbocycles. The van der Waals surface area contributed by atoms with Crippen LogP contribution >= 0.6 is 11.3 Å². The summed E-state index contributed by atoms with van der Waals surface area (Å²) in [6, 6.07) is 9.96. The van der Waals surface area contributed by atoms with E-state index in [2.05, 4.69) is 10.1 Å². The van der Waals surface area contributed by atoms with Gasteiger partial charge in [0.15, 0.2) is 0 Å². The monoisotopic (exact) mass is 421 g/mol. The topological polar surface area (TPSA) is 74.2 Å². The fourth-order valence-electron chi connectivity index (χ4n) is 4.18. The predicted octanol–water partition coefficient (Wildman–Crippen LogP) is 2.95. The molecular formula is C22H23N5O2S. The lowest BCUT2D eigenvalue weighted by molar-refractivity contribution is -0.131. The SMILES string of the molecule is Cc1nn(C)c2sc(C(=O)N3CCN(C(=O)Cc4c[nH]c5ccccc45)CC3)cc12. The molecule has 30 heavy (non-hydrogen) atoms. The largest absolute Gasteiger partial charge is 0.361 e. The van der Waals surface area contributed by atoms with Crippen molar-refractivity contribution in [3.63, 3.8) is 0 Å². The molecule has 154 valence electrons. The number of aromatic amines is 1. The van der Waals surface area contributed by atoms with Crippen molar-refractivity contribution < 1.29 is 9.59 Å². The number of hydrogen-bond acceptors (Lipinski definition) is 4. The van der Waals surface area contributed by atoms with E-state index in [1.807, 2.05) is 65.0 Å². The van der Waals surface area contributed by atoms with Gasteiger partial charge in [0.25, 0.3) is 5.91 Å². The molecule has 0 spiro atoms. The van der Waals surface area contributed by atoms with Crippen molar-refractivity contribution in [2.75, 3.05) is 26.2 Å². The first kappa shape index (κ1) is 18.9. The number of amides is 2. The third kappa shape index (κ3) is 3.17. The molecule has 8 heteroatoms. The van der Waals surface area contributed by atoms with Gasteiger partial charge in [-0.25, -0.2) is 0 Å². The maximum Gasteiger partial charge on any atom is 0.264 e. The van der Waals surface area contributed by atoms with E-state index in [9.17, 15) is 9.59 Å². The van der Waals surface area contributed by atoms with E-state index in [4.69, 9.17) is 0 Å². The molecule has 5 rings (SSSR count). The summed E-state index contributed by atoms with van der Waals surface area (Å²) in [5.74, 6) is 0.148. The average molecular weight is 422 g/mol. The Labute approximate surface area is 177 Å². The first-order valence-corrected chi connectivity index (χ1v) is 10.9. The van der Waals surface area contributed by atoms with Crippen LogP contribution in [0.2, 0.25) is 0 Å². The van der Waals surface area contributed by atoms with E-state index < -0.39 is 0 Å². The summed E-state index contributed by atoms with van der Waals surface area (Å²) in [4.78, 5) is 34.5. The Morgan fingerprint density at radius 3 is 2.60 bits per heavy atom. The number of nitrogens with one attached hydrogen (secondary N) is 1. The van der Waals surface area contributed by atoms with Crippen LogP contribution in [0.15, 0.2) is 36.5 Å². The van der Waals surface area contributed by atoms with Crippen molar-refractivity contribution in [3.05, 3.63) is 52.7 Å². The van der Waals surface area contributed by atoms with E-state index in [0.717, 1.165) is 37.3 Å². The zero-order valence-corrected chi connectivity index (χ0v) is 17.8. The van der Waals surface area contributed by atoms with Crippen molar-refractivity contribution in [2.45, 2.75) is 13.3 Å². The van der Waals surface area contributed by atoms with Crippen molar-refractivity contribution >= 4 is 44.3 Å². The number of H-pyrrole nitrogens is 1. The molecule has 4 heterocycles. The van der Waals surface area contributed by atoms with Crippen LogP contribution in [-0.2, 0) is 18.3 Å². The van der Waals surface area contributed by atoms with E-state index in [1.165, 1.54) is 11.3 Å². The second-order valence-corrected chi connectivity index (χ2v) is 8.78. The second kappa shape index (κ2) is 7.28. The van der Waals surface area contributed by atoms with Gasteiger partial charge in [-0.2, -0.15) is 5.10 Å². The third-order valence-electron chi connectivity index (χ3n) is 5.84. The van der Waals surface area contributed by atoms with Crippen LogP contribution < -0.4 is 0 Å². The minimum Gasteiger partial charge on any atom is -0.361 e. The van der Waals surface area contributed by atoms with Gasteiger partial charge in [-0.1, -0.05) is 18.2 Å². The molecule has 1 aromatic carbocycles. The van der Waals surface area contributed by atoms with Gasteiger partial charge in [-0.3, -0.25) is 14.3 Å². The minimum atomic E-state index is 0.0410. The van der Waals surface area contributed by atoms with E-state index >= 15 is 0 Å². The van der Waals surface area contributed by atoms with Crippen LogP contribution in [0.25, 0.3) is 21.1 Å². The standard InChI is InChI=1S/C22H23N5O2S/c1-14-17-12-19(30-22(17)25(2)24-14)21(29)27-9-7-26(8-10-27)20(28)11-15-13-23-18-6-4-3-5-16(15)18/h3-6,12-13,23H,7-11H2,1-2H3. The second-order valence-electron chi connectivity index (χ2n) is 7.75. The quantitative estimate of drug-likeness (QED) is 0.553. The zero-order valence-electron chi connectivity index (χ0n) is 17.0. The van der Waals surface area contributed by atoms with Gasteiger partial charge in [-0.05, 0) is 24.6 Å².